The van der Waals surface area contributed by atoms with Crippen molar-refractivity contribution >= 4 is 10.0 Å². The van der Waals surface area contributed by atoms with E-state index < -0.39 is 10.0 Å². The zero-order chi connectivity index (χ0) is 22.6. The summed E-state index contributed by atoms with van der Waals surface area (Å²) < 4.78 is 26.2. The maximum Gasteiger partial charge on any atom is 0.242 e. The number of hydrogen-bond donors (Lipinski definition) is 0. The fraction of sp³-hybridized carbons (Fsp3) is 0.308. The Morgan fingerprint density at radius 3 is 1.88 bits per heavy atom. The average molecular weight is 450 g/mol. The Kier molecular flexibility index (Phi) is 7.06. The van der Waals surface area contributed by atoms with Crippen molar-refractivity contribution < 1.29 is 8.42 Å². The first-order valence-electron chi connectivity index (χ1n) is 11.0. The largest absolute Gasteiger partial charge is 0.297 e. The van der Waals surface area contributed by atoms with Crippen LogP contribution in [0, 0.1) is 0 Å². The molecule has 0 spiro atoms. The molecule has 1 fully saturated rings. The van der Waals surface area contributed by atoms with E-state index in [0.29, 0.717) is 4.90 Å². The van der Waals surface area contributed by atoms with Crippen LogP contribution >= 0.6 is 0 Å². The molecule has 3 aromatic rings. The number of sulfonamides is 1. The summed E-state index contributed by atoms with van der Waals surface area (Å²) >= 11 is 0. The van der Waals surface area contributed by atoms with Gasteiger partial charge in [0, 0.05) is 46.8 Å². The summed E-state index contributed by atoms with van der Waals surface area (Å²) in [7, 11) is -0.282. The van der Waals surface area contributed by atoms with Gasteiger partial charge in [0.05, 0.1) is 10.9 Å². The van der Waals surface area contributed by atoms with Crippen molar-refractivity contribution in [2.75, 3.05) is 40.3 Å². The molecule has 168 valence electrons. The van der Waals surface area contributed by atoms with Gasteiger partial charge in [-0.3, -0.25) is 9.80 Å². The van der Waals surface area contributed by atoms with E-state index in [2.05, 4.69) is 70.5 Å². The van der Waals surface area contributed by atoms with E-state index in [1.165, 1.54) is 15.4 Å². The standard InChI is InChI=1S/C26H31N3O2S/c1-27(2)32(30,31)25-15-9-10-22(20-25)21-28-16-18-29(19-17-28)26(23-11-5-3-6-12-23)24-13-7-4-8-14-24/h3-15,20,26H,16-19,21H2,1-2H3. The molecule has 5 nitrogen and oxygen atoms in total. The van der Waals surface area contributed by atoms with Crippen molar-refractivity contribution in [3.05, 3.63) is 102 Å². The zero-order valence-electron chi connectivity index (χ0n) is 18.8. The van der Waals surface area contributed by atoms with Crippen molar-refractivity contribution in [1.82, 2.24) is 14.1 Å². The van der Waals surface area contributed by atoms with E-state index in [4.69, 9.17) is 0 Å². The lowest BCUT2D eigenvalue weighted by Gasteiger charge is -2.40. The molecule has 0 aliphatic carbocycles. The minimum Gasteiger partial charge on any atom is -0.297 e. The molecule has 0 saturated carbocycles. The fourth-order valence-electron chi connectivity index (χ4n) is 4.34. The summed E-state index contributed by atoms with van der Waals surface area (Å²) in [5.41, 5.74) is 3.66. The fourth-order valence-corrected chi connectivity index (χ4v) is 5.31. The summed E-state index contributed by atoms with van der Waals surface area (Å²) in [5.74, 6) is 0. The van der Waals surface area contributed by atoms with Crippen LogP contribution in [-0.4, -0.2) is 62.8 Å². The highest BCUT2D eigenvalue weighted by Gasteiger charge is 2.26. The van der Waals surface area contributed by atoms with Gasteiger partial charge in [0.25, 0.3) is 0 Å². The lowest BCUT2D eigenvalue weighted by molar-refractivity contribution is 0.105. The summed E-state index contributed by atoms with van der Waals surface area (Å²) in [4.78, 5) is 5.31. The van der Waals surface area contributed by atoms with Gasteiger partial charge < -0.3 is 0 Å². The Morgan fingerprint density at radius 1 is 0.781 bits per heavy atom. The smallest absolute Gasteiger partial charge is 0.242 e. The van der Waals surface area contributed by atoms with Gasteiger partial charge in [-0.05, 0) is 28.8 Å². The Balaban J connectivity index is 1.46. The second kappa shape index (κ2) is 9.96. The van der Waals surface area contributed by atoms with Crippen LogP contribution in [0.1, 0.15) is 22.7 Å². The van der Waals surface area contributed by atoms with E-state index in [1.54, 1.807) is 26.2 Å². The van der Waals surface area contributed by atoms with E-state index in [0.717, 1.165) is 38.3 Å². The highest BCUT2D eigenvalue weighted by molar-refractivity contribution is 7.89. The van der Waals surface area contributed by atoms with Crippen molar-refractivity contribution in [3.8, 4) is 0 Å². The Bertz CT molecular complexity index is 1070. The highest BCUT2D eigenvalue weighted by Crippen LogP contribution is 2.29. The number of benzene rings is 3. The summed E-state index contributed by atoms with van der Waals surface area (Å²) in [6.07, 6.45) is 0. The molecular weight excluding hydrogens is 418 g/mol. The summed E-state index contributed by atoms with van der Waals surface area (Å²) in [5, 5.41) is 0. The Labute approximate surface area is 191 Å². The van der Waals surface area contributed by atoms with Crippen molar-refractivity contribution in [3.63, 3.8) is 0 Å². The molecule has 0 aromatic heterocycles. The van der Waals surface area contributed by atoms with Gasteiger partial charge in [-0.2, -0.15) is 0 Å². The zero-order valence-corrected chi connectivity index (χ0v) is 19.6. The average Bonchev–Trinajstić information content (AvgIpc) is 2.82. The Morgan fingerprint density at radius 2 is 1.34 bits per heavy atom. The molecule has 1 aliphatic heterocycles. The number of nitrogens with zero attached hydrogens (tertiary/aromatic N) is 3. The van der Waals surface area contributed by atoms with Gasteiger partial charge >= 0.3 is 0 Å². The Hall–Kier alpha value is -2.51. The summed E-state index contributed by atoms with van der Waals surface area (Å²) in [6, 6.07) is 29.0. The maximum atomic E-state index is 12.5. The minimum absolute atomic E-state index is 0.244. The van der Waals surface area contributed by atoms with Crippen LogP contribution in [0.5, 0.6) is 0 Å². The van der Waals surface area contributed by atoms with E-state index >= 15 is 0 Å². The molecule has 0 bridgehead atoms. The quantitative estimate of drug-likeness (QED) is 0.550. The van der Waals surface area contributed by atoms with Crippen molar-refractivity contribution in [1.29, 1.82) is 0 Å². The number of hydrogen-bond acceptors (Lipinski definition) is 4. The lowest BCUT2D eigenvalue weighted by atomic mass is 9.96. The molecule has 4 rings (SSSR count). The maximum absolute atomic E-state index is 12.5. The van der Waals surface area contributed by atoms with Crippen molar-refractivity contribution in [2.24, 2.45) is 0 Å². The van der Waals surface area contributed by atoms with Gasteiger partial charge in [0.1, 0.15) is 0 Å². The van der Waals surface area contributed by atoms with E-state index in [-0.39, 0.29) is 6.04 Å². The molecule has 0 radical (unpaired) electrons. The second-order valence-corrected chi connectivity index (χ2v) is 10.6. The normalized spacial score (nSPS) is 16.0. The lowest BCUT2D eigenvalue weighted by Crippen LogP contribution is -2.47. The minimum atomic E-state index is -3.41. The van der Waals surface area contributed by atoms with Crippen LogP contribution in [0.2, 0.25) is 0 Å². The third-order valence-electron chi connectivity index (χ3n) is 6.09. The molecule has 0 N–H and O–H groups in total. The first kappa shape index (κ1) is 22.7. The van der Waals surface area contributed by atoms with Crippen LogP contribution in [0.15, 0.2) is 89.8 Å². The molecule has 0 atom stereocenters. The molecule has 1 aliphatic rings. The summed E-state index contributed by atoms with van der Waals surface area (Å²) in [6.45, 7) is 4.57. The van der Waals surface area contributed by atoms with Gasteiger partial charge in [-0.25, -0.2) is 12.7 Å². The first-order chi connectivity index (χ1) is 15.4. The van der Waals surface area contributed by atoms with E-state index in [9.17, 15) is 8.42 Å². The van der Waals surface area contributed by atoms with Gasteiger partial charge in [-0.15, -0.1) is 0 Å². The predicted molar refractivity (Wildman–Crippen MR) is 129 cm³/mol. The van der Waals surface area contributed by atoms with Crippen LogP contribution in [0.4, 0.5) is 0 Å². The third-order valence-corrected chi connectivity index (χ3v) is 7.90. The molecule has 1 saturated heterocycles. The molecular formula is C26H31N3O2S. The second-order valence-electron chi connectivity index (χ2n) is 8.47. The SMILES string of the molecule is CN(C)S(=O)(=O)c1cccc(CN2CCN(C(c3ccccc3)c3ccccc3)CC2)c1. The molecule has 3 aromatic carbocycles. The molecule has 0 unspecified atom stereocenters. The van der Waals surface area contributed by atoms with Crippen LogP contribution in [0.25, 0.3) is 0 Å². The van der Waals surface area contributed by atoms with Crippen molar-refractivity contribution in [2.45, 2.75) is 17.5 Å². The monoisotopic (exact) mass is 449 g/mol. The molecule has 0 amide bonds. The predicted octanol–water partition coefficient (Wildman–Crippen LogP) is 3.84. The molecule has 1 heterocycles. The van der Waals surface area contributed by atoms with Crippen LogP contribution in [-0.2, 0) is 16.6 Å². The van der Waals surface area contributed by atoms with Crippen LogP contribution < -0.4 is 0 Å². The first-order valence-corrected chi connectivity index (χ1v) is 12.5. The van der Waals surface area contributed by atoms with Gasteiger partial charge in [-0.1, -0.05) is 72.8 Å². The topological polar surface area (TPSA) is 43.9 Å². The van der Waals surface area contributed by atoms with Gasteiger partial charge in [0.15, 0.2) is 0 Å². The van der Waals surface area contributed by atoms with Gasteiger partial charge in [0.2, 0.25) is 10.0 Å². The molecule has 6 heteroatoms. The third kappa shape index (κ3) is 5.10. The highest BCUT2D eigenvalue weighted by atomic mass is 32.2. The number of rotatable bonds is 7. The molecule has 32 heavy (non-hydrogen) atoms. The number of piperazine rings is 1. The van der Waals surface area contributed by atoms with Crippen LogP contribution in [0.3, 0.4) is 0 Å². The van der Waals surface area contributed by atoms with E-state index in [1.807, 2.05) is 12.1 Å².